The second-order valence-electron chi connectivity index (χ2n) is 6.14. The molecule has 1 aliphatic rings. The monoisotopic (exact) mass is 329 g/mol. The maximum atomic E-state index is 12.1. The van der Waals surface area contributed by atoms with Crippen LogP contribution >= 0.6 is 0 Å². The van der Waals surface area contributed by atoms with E-state index in [4.69, 9.17) is 14.2 Å². The number of ether oxygens (including phenoxy) is 3. The predicted octanol–water partition coefficient (Wildman–Crippen LogP) is 2.27. The van der Waals surface area contributed by atoms with Gasteiger partial charge in [0.05, 0.1) is 6.61 Å². The van der Waals surface area contributed by atoms with Crippen LogP contribution in [0.25, 0.3) is 0 Å². The van der Waals surface area contributed by atoms with Gasteiger partial charge in [0, 0.05) is 25.9 Å². The number of rotatable bonds is 6. The van der Waals surface area contributed by atoms with Gasteiger partial charge in [-0.2, -0.15) is 0 Å². The van der Waals surface area contributed by atoms with Gasteiger partial charge in [-0.1, -0.05) is 6.92 Å². The lowest BCUT2D eigenvalue weighted by Gasteiger charge is -2.33. The van der Waals surface area contributed by atoms with Gasteiger partial charge < -0.3 is 19.1 Å². The first kappa shape index (κ1) is 19.3. The molecule has 1 fully saturated rings. The zero-order chi connectivity index (χ0) is 17.5. The minimum atomic E-state index is -0.586. The Kier molecular flexibility index (Phi) is 7.32. The summed E-state index contributed by atoms with van der Waals surface area (Å²) in [5.74, 6) is -1.17. The van der Waals surface area contributed by atoms with Crippen molar-refractivity contribution < 1.29 is 28.6 Å². The van der Waals surface area contributed by atoms with Crippen molar-refractivity contribution in [3.63, 3.8) is 0 Å². The maximum Gasteiger partial charge on any atom is 0.410 e. The maximum absolute atomic E-state index is 12.1. The fourth-order valence-electron chi connectivity index (χ4n) is 2.09. The highest BCUT2D eigenvalue weighted by Gasteiger charge is 2.29. The molecule has 0 aromatic rings. The van der Waals surface area contributed by atoms with Gasteiger partial charge in [0.15, 0.2) is 0 Å². The quantitative estimate of drug-likeness (QED) is 0.422. The van der Waals surface area contributed by atoms with Crippen LogP contribution in [0.3, 0.4) is 0 Å². The normalized spacial score (nSPS) is 15.9. The summed E-state index contributed by atoms with van der Waals surface area (Å²) in [4.78, 5) is 36.5. The van der Waals surface area contributed by atoms with Crippen LogP contribution in [0.15, 0.2) is 0 Å². The minimum absolute atomic E-state index is 0.237. The van der Waals surface area contributed by atoms with Crippen LogP contribution in [0.5, 0.6) is 0 Å². The summed E-state index contributed by atoms with van der Waals surface area (Å²) >= 11 is 0. The van der Waals surface area contributed by atoms with E-state index in [0.717, 1.165) is 6.42 Å². The number of likely N-dealkylation sites (tertiary alicyclic amines) is 1. The molecule has 23 heavy (non-hydrogen) atoms. The Hall–Kier alpha value is -1.79. The van der Waals surface area contributed by atoms with Crippen molar-refractivity contribution in [3.8, 4) is 0 Å². The van der Waals surface area contributed by atoms with Crippen molar-refractivity contribution in [1.29, 1.82) is 0 Å². The Labute approximate surface area is 137 Å². The van der Waals surface area contributed by atoms with Crippen LogP contribution in [-0.2, 0) is 23.8 Å². The largest absolute Gasteiger partial charge is 0.466 e. The number of hydrogen-bond donors (Lipinski definition) is 0. The number of carbonyl (C=O) groups excluding carboxylic acids is 3. The second-order valence-corrected chi connectivity index (χ2v) is 6.14. The molecule has 0 aromatic carbocycles. The third-order valence-corrected chi connectivity index (χ3v) is 3.81. The Balaban J connectivity index is 2.34. The highest BCUT2D eigenvalue weighted by molar-refractivity contribution is 5.91. The molecule has 132 valence electrons. The zero-order valence-electron chi connectivity index (χ0n) is 14.4. The number of hydrogen-bond acceptors (Lipinski definition) is 6. The molecule has 7 heteroatoms. The van der Waals surface area contributed by atoms with Crippen molar-refractivity contribution in [2.75, 3.05) is 19.7 Å². The van der Waals surface area contributed by atoms with Gasteiger partial charge in [-0.05, 0) is 27.2 Å². The molecule has 1 rings (SSSR count). The lowest BCUT2D eigenvalue weighted by Crippen LogP contribution is -2.44. The smallest absolute Gasteiger partial charge is 0.410 e. The molecule has 0 saturated carbocycles. The summed E-state index contributed by atoms with van der Waals surface area (Å²) in [5.41, 5.74) is -0.486. The van der Waals surface area contributed by atoms with Crippen molar-refractivity contribution in [1.82, 2.24) is 4.90 Å². The molecule has 0 aliphatic carbocycles. The predicted molar refractivity (Wildman–Crippen MR) is 82.8 cm³/mol. The molecule has 7 nitrogen and oxygen atoms in total. The highest BCUT2D eigenvalue weighted by Crippen LogP contribution is 2.19. The second kappa shape index (κ2) is 8.74. The van der Waals surface area contributed by atoms with E-state index in [1.54, 1.807) is 11.8 Å². The fourth-order valence-corrected chi connectivity index (χ4v) is 2.09. The highest BCUT2D eigenvalue weighted by atomic mass is 16.6. The zero-order valence-corrected chi connectivity index (χ0v) is 14.4. The van der Waals surface area contributed by atoms with Gasteiger partial charge in [-0.3, -0.25) is 9.59 Å². The van der Waals surface area contributed by atoms with E-state index in [1.165, 1.54) is 0 Å². The summed E-state index contributed by atoms with van der Waals surface area (Å²) in [6, 6.07) is 0. The van der Waals surface area contributed by atoms with E-state index in [0.29, 0.717) is 25.9 Å². The third kappa shape index (κ3) is 6.88. The van der Waals surface area contributed by atoms with Gasteiger partial charge in [-0.15, -0.1) is 0 Å². The van der Waals surface area contributed by atoms with E-state index in [1.807, 2.05) is 20.8 Å². The molecule has 1 amide bonds. The molecule has 0 spiro atoms. The summed E-state index contributed by atoms with van der Waals surface area (Å²) in [6.07, 6.45) is 0.821. The SMILES string of the molecule is CCOC(=O)CC(=O)OC1CCN(C(=O)OC(C)(C)CC)CC1. The van der Waals surface area contributed by atoms with Crippen molar-refractivity contribution >= 4 is 18.0 Å². The minimum Gasteiger partial charge on any atom is -0.466 e. The molecule has 0 bridgehead atoms. The average molecular weight is 329 g/mol. The van der Waals surface area contributed by atoms with Crippen LogP contribution in [-0.4, -0.2) is 54.3 Å². The van der Waals surface area contributed by atoms with Gasteiger partial charge in [0.1, 0.15) is 18.1 Å². The lowest BCUT2D eigenvalue weighted by atomic mass is 10.1. The Morgan fingerprint density at radius 2 is 1.70 bits per heavy atom. The lowest BCUT2D eigenvalue weighted by molar-refractivity contribution is -0.158. The van der Waals surface area contributed by atoms with Gasteiger partial charge in [0.2, 0.25) is 0 Å². The van der Waals surface area contributed by atoms with E-state index >= 15 is 0 Å². The molecule has 0 unspecified atom stereocenters. The third-order valence-electron chi connectivity index (χ3n) is 3.81. The molecule has 1 saturated heterocycles. The van der Waals surface area contributed by atoms with Gasteiger partial charge in [0.25, 0.3) is 0 Å². The Morgan fingerprint density at radius 1 is 1.09 bits per heavy atom. The molecular formula is C16H27NO6. The molecule has 0 N–H and O–H groups in total. The first-order valence-electron chi connectivity index (χ1n) is 8.10. The molecule has 0 aromatic heterocycles. The average Bonchev–Trinajstić information content (AvgIpc) is 2.47. The molecule has 1 heterocycles. The van der Waals surface area contributed by atoms with E-state index in [2.05, 4.69) is 0 Å². The first-order valence-corrected chi connectivity index (χ1v) is 8.10. The topological polar surface area (TPSA) is 82.1 Å². The van der Waals surface area contributed by atoms with Crippen LogP contribution in [0, 0.1) is 0 Å². The van der Waals surface area contributed by atoms with Gasteiger partial charge >= 0.3 is 18.0 Å². The van der Waals surface area contributed by atoms with Crippen LogP contribution in [0.1, 0.15) is 53.4 Å². The Bertz CT molecular complexity index is 426. The fraction of sp³-hybridized carbons (Fsp3) is 0.812. The van der Waals surface area contributed by atoms with Crippen LogP contribution < -0.4 is 0 Å². The van der Waals surface area contributed by atoms with Crippen molar-refractivity contribution in [2.24, 2.45) is 0 Å². The number of nitrogens with zero attached hydrogens (tertiary/aromatic N) is 1. The van der Waals surface area contributed by atoms with Gasteiger partial charge in [-0.25, -0.2) is 4.79 Å². The summed E-state index contributed by atoms with van der Waals surface area (Å²) < 4.78 is 15.4. The van der Waals surface area contributed by atoms with E-state index < -0.39 is 17.5 Å². The standard InChI is InChI=1S/C16H27NO6/c1-5-16(3,4)23-15(20)17-9-7-12(8-10-17)22-14(19)11-13(18)21-6-2/h12H,5-11H2,1-4H3. The number of esters is 2. The number of piperidine rings is 1. The number of amides is 1. The molecular weight excluding hydrogens is 302 g/mol. The summed E-state index contributed by atoms with van der Waals surface area (Å²) in [5, 5.41) is 0. The number of carbonyl (C=O) groups is 3. The summed E-state index contributed by atoms with van der Waals surface area (Å²) in [7, 11) is 0. The van der Waals surface area contributed by atoms with E-state index in [-0.39, 0.29) is 25.2 Å². The van der Waals surface area contributed by atoms with E-state index in [9.17, 15) is 14.4 Å². The van der Waals surface area contributed by atoms with Crippen molar-refractivity contribution in [2.45, 2.75) is 65.1 Å². The first-order chi connectivity index (χ1) is 10.8. The van der Waals surface area contributed by atoms with Crippen LogP contribution in [0.4, 0.5) is 4.79 Å². The van der Waals surface area contributed by atoms with Crippen molar-refractivity contribution in [3.05, 3.63) is 0 Å². The summed E-state index contributed by atoms with van der Waals surface area (Å²) in [6.45, 7) is 8.55. The molecule has 0 atom stereocenters. The van der Waals surface area contributed by atoms with Crippen LogP contribution in [0.2, 0.25) is 0 Å². The Morgan fingerprint density at radius 3 is 2.22 bits per heavy atom. The molecule has 1 aliphatic heterocycles. The molecule has 0 radical (unpaired) electrons.